The molecule has 0 spiro atoms. The van der Waals surface area contributed by atoms with Crippen molar-refractivity contribution >= 4 is 29.3 Å². The summed E-state index contributed by atoms with van der Waals surface area (Å²) in [5.41, 5.74) is 0. The molecule has 82 valence electrons. The zero-order valence-corrected chi connectivity index (χ0v) is 10.2. The van der Waals surface area contributed by atoms with Crippen LogP contribution in [0, 0.1) is 0 Å². The Hall–Kier alpha value is 0.110. The second-order valence-corrected chi connectivity index (χ2v) is 5.77. The summed E-state index contributed by atoms with van der Waals surface area (Å²) >= 11 is 7.58. The van der Waals surface area contributed by atoms with Gasteiger partial charge in [-0.25, -0.2) is 0 Å². The van der Waals surface area contributed by atoms with Crippen molar-refractivity contribution in [2.75, 3.05) is 12.3 Å². The summed E-state index contributed by atoms with van der Waals surface area (Å²) in [6, 6.07) is 0. The molecule has 1 aliphatic heterocycles. The third-order valence-corrected chi connectivity index (χ3v) is 3.91. The molecule has 0 aromatic heterocycles. The van der Waals surface area contributed by atoms with E-state index < -0.39 is 0 Å². The standard InChI is InChI=1S/C10H18ClNOS/c1-8(11)5-6-12-10(13)9-4-2-3-7-14-9/h8-9H,2-7H2,1H3,(H,12,13). The van der Waals surface area contributed by atoms with Crippen LogP contribution in [0.2, 0.25) is 0 Å². The van der Waals surface area contributed by atoms with Gasteiger partial charge in [-0.05, 0) is 31.9 Å². The number of thioether (sulfide) groups is 1. The van der Waals surface area contributed by atoms with Crippen molar-refractivity contribution in [3.63, 3.8) is 0 Å². The van der Waals surface area contributed by atoms with Crippen molar-refractivity contribution in [1.29, 1.82) is 0 Å². The van der Waals surface area contributed by atoms with Crippen molar-refractivity contribution < 1.29 is 4.79 Å². The van der Waals surface area contributed by atoms with Crippen molar-refractivity contribution in [3.8, 4) is 0 Å². The molecular weight excluding hydrogens is 218 g/mol. The molecule has 4 heteroatoms. The highest BCUT2D eigenvalue weighted by molar-refractivity contribution is 8.00. The molecule has 1 N–H and O–H groups in total. The van der Waals surface area contributed by atoms with E-state index in [1.165, 1.54) is 12.8 Å². The Kier molecular flexibility index (Phi) is 5.71. The SMILES string of the molecule is CC(Cl)CCNC(=O)C1CCCCS1. The average Bonchev–Trinajstić information content (AvgIpc) is 2.18. The molecule has 0 aliphatic carbocycles. The number of hydrogen-bond donors (Lipinski definition) is 1. The van der Waals surface area contributed by atoms with Gasteiger partial charge in [-0.15, -0.1) is 23.4 Å². The van der Waals surface area contributed by atoms with Gasteiger partial charge in [0.25, 0.3) is 0 Å². The monoisotopic (exact) mass is 235 g/mol. The number of halogens is 1. The van der Waals surface area contributed by atoms with Gasteiger partial charge in [-0.3, -0.25) is 4.79 Å². The first kappa shape index (κ1) is 12.2. The summed E-state index contributed by atoms with van der Waals surface area (Å²) in [5, 5.41) is 3.28. The molecule has 0 saturated carbocycles. The Labute approximate surface area is 95.2 Å². The molecule has 2 atom stereocenters. The summed E-state index contributed by atoms with van der Waals surface area (Å²) in [5.74, 6) is 1.33. The van der Waals surface area contributed by atoms with Crippen LogP contribution in [0.5, 0.6) is 0 Å². The number of amides is 1. The predicted molar refractivity (Wildman–Crippen MR) is 63.0 cm³/mol. The lowest BCUT2D eigenvalue weighted by Crippen LogP contribution is -2.35. The van der Waals surface area contributed by atoms with Crippen molar-refractivity contribution in [2.24, 2.45) is 0 Å². The van der Waals surface area contributed by atoms with E-state index in [0.29, 0.717) is 6.54 Å². The molecule has 14 heavy (non-hydrogen) atoms. The second-order valence-electron chi connectivity index (χ2n) is 3.72. The van der Waals surface area contributed by atoms with Gasteiger partial charge in [0.2, 0.25) is 5.91 Å². The molecule has 1 heterocycles. The Morgan fingerprint density at radius 2 is 2.43 bits per heavy atom. The van der Waals surface area contributed by atoms with Crippen LogP contribution in [-0.2, 0) is 4.79 Å². The van der Waals surface area contributed by atoms with E-state index in [2.05, 4.69) is 5.32 Å². The van der Waals surface area contributed by atoms with Gasteiger partial charge in [0.05, 0.1) is 5.25 Å². The Morgan fingerprint density at radius 3 is 3.00 bits per heavy atom. The molecular formula is C10H18ClNOS. The fourth-order valence-corrected chi connectivity index (χ4v) is 2.79. The third-order valence-electron chi connectivity index (χ3n) is 2.31. The molecule has 1 amide bonds. The fraction of sp³-hybridized carbons (Fsp3) is 0.900. The summed E-state index contributed by atoms with van der Waals surface area (Å²) in [4.78, 5) is 11.6. The summed E-state index contributed by atoms with van der Waals surface area (Å²) in [7, 11) is 0. The van der Waals surface area contributed by atoms with Crippen LogP contribution >= 0.6 is 23.4 Å². The summed E-state index contributed by atoms with van der Waals surface area (Å²) in [6.07, 6.45) is 4.34. The van der Waals surface area contributed by atoms with Gasteiger partial charge in [0, 0.05) is 11.9 Å². The van der Waals surface area contributed by atoms with E-state index in [0.717, 1.165) is 18.6 Å². The quantitative estimate of drug-likeness (QED) is 0.759. The van der Waals surface area contributed by atoms with Gasteiger partial charge in [0.1, 0.15) is 0 Å². The maximum atomic E-state index is 11.6. The van der Waals surface area contributed by atoms with Crippen LogP contribution < -0.4 is 5.32 Å². The lowest BCUT2D eigenvalue weighted by molar-refractivity contribution is -0.120. The minimum absolute atomic E-state index is 0.148. The summed E-state index contributed by atoms with van der Waals surface area (Å²) < 4.78 is 0. The molecule has 1 saturated heterocycles. The molecule has 2 unspecified atom stereocenters. The van der Waals surface area contributed by atoms with E-state index in [1.807, 2.05) is 6.92 Å². The van der Waals surface area contributed by atoms with E-state index in [4.69, 9.17) is 11.6 Å². The summed E-state index contributed by atoms with van der Waals surface area (Å²) in [6.45, 7) is 2.66. The topological polar surface area (TPSA) is 29.1 Å². The largest absolute Gasteiger partial charge is 0.355 e. The van der Waals surface area contributed by atoms with Crippen LogP contribution in [0.25, 0.3) is 0 Å². The Morgan fingerprint density at radius 1 is 1.64 bits per heavy atom. The van der Waals surface area contributed by atoms with Crippen molar-refractivity contribution in [2.45, 2.75) is 43.2 Å². The minimum Gasteiger partial charge on any atom is -0.355 e. The van der Waals surface area contributed by atoms with E-state index in [1.54, 1.807) is 11.8 Å². The number of rotatable bonds is 4. The highest BCUT2D eigenvalue weighted by Crippen LogP contribution is 2.24. The molecule has 0 aromatic rings. The first-order valence-corrected chi connectivity index (χ1v) is 6.72. The minimum atomic E-state index is 0.148. The van der Waals surface area contributed by atoms with Crippen molar-refractivity contribution in [1.82, 2.24) is 5.32 Å². The average molecular weight is 236 g/mol. The van der Waals surface area contributed by atoms with Crippen LogP contribution in [0.3, 0.4) is 0 Å². The normalized spacial score (nSPS) is 24.3. The number of carbonyl (C=O) groups is 1. The first-order chi connectivity index (χ1) is 6.70. The molecule has 1 rings (SSSR count). The highest BCUT2D eigenvalue weighted by Gasteiger charge is 2.20. The molecule has 1 fully saturated rings. The van der Waals surface area contributed by atoms with Gasteiger partial charge in [-0.2, -0.15) is 0 Å². The van der Waals surface area contributed by atoms with E-state index >= 15 is 0 Å². The highest BCUT2D eigenvalue weighted by atomic mass is 35.5. The molecule has 1 aliphatic rings. The maximum absolute atomic E-state index is 11.6. The van der Waals surface area contributed by atoms with Gasteiger partial charge >= 0.3 is 0 Å². The third kappa shape index (κ3) is 4.56. The van der Waals surface area contributed by atoms with Crippen LogP contribution in [0.1, 0.15) is 32.6 Å². The van der Waals surface area contributed by atoms with Gasteiger partial charge in [-0.1, -0.05) is 6.42 Å². The molecule has 0 bridgehead atoms. The van der Waals surface area contributed by atoms with Crippen LogP contribution in [0.15, 0.2) is 0 Å². The fourth-order valence-electron chi connectivity index (χ4n) is 1.46. The molecule has 0 aromatic carbocycles. The number of hydrogen-bond acceptors (Lipinski definition) is 2. The number of carbonyl (C=O) groups excluding carboxylic acids is 1. The zero-order chi connectivity index (χ0) is 10.4. The molecule has 0 radical (unpaired) electrons. The second kappa shape index (κ2) is 6.57. The van der Waals surface area contributed by atoms with Crippen LogP contribution in [-0.4, -0.2) is 28.8 Å². The smallest absolute Gasteiger partial charge is 0.233 e. The van der Waals surface area contributed by atoms with Gasteiger partial charge in [0.15, 0.2) is 0 Å². The van der Waals surface area contributed by atoms with Crippen LogP contribution in [0.4, 0.5) is 0 Å². The Bertz CT molecular complexity index is 181. The maximum Gasteiger partial charge on any atom is 0.233 e. The lowest BCUT2D eigenvalue weighted by atomic mass is 10.2. The van der Waals surface area contributed by atoms with E-state index in [9.17, 15) is 4.79 Å². The van der Waals surface area contributed by atoms with Gasteiger partial charge < -0.3 is 5.32 Å². The zero-order valence-electron chi connectivity index (χ0n) is 8.59. The Balaban J connectivity index is 2.13. The van der Waals surface area contributed by atoms with E-state index in [-0.39, 0.29) is 16.5 Å². The molecule has 2 nitrogen and oxygen atoms in total. The lowest BCUT2D eigenvalue weighted by Gasteiger charge is -2.20. The predicted octanol–water partition coefficient (Wildman–Crippen LogP) is 2.41. The number of alkyl halides is 1. The number of nitrogens with one attached hydrogen (secondary N) is 1. The first-order valence-electron chi connectivity index (χ1n) is 5.23. The van der Waals surface area contributed by atoms with Crippen molar-refractivity contribution in [3.05, 3.63) is 0 Å².